The first-order valence-electron chi connectivity index (χ1n) is 6.14. The molecular formula is C12H17NO8. The van der Waals surface area contributed by atoms with E-state index in [1.165, 1.54) is 31.0 Å². The van der Waals surface area contributed by atoms with Crippen LogP contribution in [0.25, 0.3) is 0 Å². The highest BCUT2D eigenvalue weighted by atomic mass is 16.7. The van der Waals surface area contributed by atoms with Crippen molar-refractivity contribution in [3.63, 3.8) is 0 Å². The number of rotatable bonds is 3. The maximum Gasteiger partial charge on any atom is 0.254 e. The molecule has 118 valence electrons. The second-order valence-corrected chi connectivity index (χ2v) is 4.64. The van der Waals surface area contributed by atoms with Crippen molar-refractivity contribution in [3.05, 3.63) is 22.6 Å². The van der Waals surface area contributed by atoms with Gasteiger partial charge in [-0.1, -0.05) is 0 Å². The highest BCUT2D eigenvalue weighted by Crippen LogP contribution is 2.29. The lowest BCUT2D eigenvalue weighted by Crippen LogP contribution is -2.59. The van der Waals surface area contributed by atoms with Gasteiger partial charge in [-0.3, -0.25) is 4.79 Å². The van der Waals surface area contributed by atoms with Gasteiger partial charge in [-0.25, -0.2) is 0 Å². The summed E-state index contributed by atoms with van der Waals surface area (Å²) in [6, 6.07) is 1.17. The first-order chi connectivity index (χ1) is 9.85. The number of aryl methyl sites for hydroxylation is 1. The maximum absolute atomic E-state index is 11.5. The van der Waals surface area contributed by atoms with Gasteiger partial charge in [0.2, 0.25) is 6.29 Å². The van der Waals surface area contributed by atoms with E-state index < -0.39 is 30.9 Å². The van der Waals surface area contributed by atoms with Crippen LogP contribution in [0.2, 0.25) is 0 Å². The number of aliphatic hydroxyl groups excluding tert-OH is 4. The number of aliphatic hydroxyl groups is 4. The van der Waals surface area contributed by atoms with Crippen LogP contribution in [0.15, 0.2) is 17.1 Å². The summed E-state index contributed by atoms with van der Waals surface area (Å²) < 4.78 is 16.4. The molecule has 0 aromatic carbocycles. The van der Waals surface area contributed by atoms with Gasteiger partial charge in [-0.15, -0.1) is 0 Å². The van der Waals surface area contributed by atoms with Crippen LogP contribution in [0.3, 0.4) is 0 Å². The molecule has 5 atom stereocenters. The summed E-state index contributed by atoms with van der Waals surface area (Å²) in [6.45, 7) is 0. The fraction of sp³-hybridized carbons (Fsp3) is 0.583. The van der Waals surface area contributed by atoms with Crippen LogP contribution in [0.5, 0.6) is 11.5 Å². The van der Waals surface area contributed by atoms with Crippen molar-refractivity contribution in [1.82, 2.24) is 4.57 Å². The molecule has 1 aromatic rings. The van der Waals surface area contributed by atoms with Crippen molar-refractivity contribution in [2.45, 2.75) is 30.9 Å². The van der Waals surface area contributed by atoms with Gasteiger partial charge in [0.1, 0.15) is 18.3 Å². The van der Waals surface area contributed by atoms with Gasteiger partial charge in [0.15, 0.2) is 17.8 Å². The SMILES string of the molecule is COc1cc(=O)n(C)cc1OC1OC(O)C(O)C(O)C1O. The molecule has 1 aromatic heterocycles. The molecule has 0 saturated carbocycles. The average molecular weight is 303 g/mol. The Balaban J connectivity index is 2.25. The molecular weight excluding hydrogens is 286 g/mol. The van der Waals surface area contributed by atoms with Crippen LogP contribution in [0, 0.1) is 0 Å². The van der Waals surface area contributed by atoms with E-state index in [1.807, 2.05) is 0 Å². The van der Waals surface area contributed by atoms with Gasteiger partial charge in [0.05, 0.1) is 13.3 Å². The summed E-state index contributed by atoms with van der Waals surface area (Å²) in [7, 11) is 2.81. The predicted octanol–water partition coefficient (Wildman–Crippen LogP) is -2.47. The van der Waals surface area contributed by atoms with Crippen LogP contribution in [-0.2, 0) is 11.8 Å². The number of pyridine rings is 1. The van der Waals surface area contributed by atoms with E-state index in [4.69, 9.17) is 14.2 Å². The van der Waals surface area contributed by atoms with Gasteiger partial charge < -0.3 is 39.2 Å². The maximum atomic E-state index is 11.5. The van der Waals surface area contributed by atoms with Crippen LogP contribution >= 0.6 is 0 Å². The monoisotopic (exact) mass is 303 g/mol. The Morgan fingerprint density at radius 1 is 1.14 bits per heavy atom. The van der Waals surface area contributed by atoms with E-state index >= 15 is 0 Å². The molecule has 9 heteroatoms. The summed E-state index contributed by atoms with van der Waals surface area (Å²) in [5.41, 5.74) is -0.334. The number of ether oxygens (including phenoxy) is 3. The number of hydrogen-bond acceptors (Lipinski definition) is 8. The van der Waals surface area contributed by atoms with Gasteiger partial charge in [0, 0.05) is 13.1 Å². The van der Waals surface area contributed by atoms with E-state index in [9.17, 15) is 25.2 Å². The third-order valence-corrected chi connectivity index (χ3v) is 3.16. The van der Waals surface area contributed by atoms with Crippen molar-refractivity contribution in [1.29, 1.82) is 0 Å². The topological polar surface area (TPSA) is 131 Å². The molecule has 21 heavy (non-hydrogen) atoms. The van der Waals surface area contributed by atoms with Gasteiger partial charge >= 0.3 is 0 Å². The third kappa shape index (κ3) is 3.01. The summed E-state index contributed by atoms with van der Waals surface area (Å²) in [5.74, 6) is 0.170. The number of methoxy groups -OCH3 is 1. The van der Waals surface area contributed by atoms with Crippen molar-refractivity contribution >= 4 is 0 Å². The van der Waals surface area contributed by atoms with E-state index in [2.05, 4.69) is 0 Å². The zero-order valence-electron chi connectivity index (χ0n) is 11.4. The minimum Gasteiger partial charge on any atom is -0.493 e. The number of hydrogen-bond donors (Lipinski definition) is 4. The smallest absolute Gasteiger partial charge is 0.254 e. The highest BCUT2D eigenvalue weighted by molar-refractivity contribution is 5.37. The standard InChI is InChI=1S/C12H17NO8/c1-13-4-6(5(19-2)3-7(13)14)20-12-10(17)8(15)9(16)11(18)21-12/h3-4,8-12,15-18H,1-2H3. The van der Waals surface area contributed by atoms with Gasteiger partial charge in [-0.2, -0.15) is 0 Å². The van der Waals surface area contributed by atoms with Crippen LogP contribution in [0.4, 0.5) is 0 Å². The Morgan fingerprint density at radius 2 is 1.81 bits per heavy atom. The summed E-state index contributed by atoms with van der Waals surface area (Å²) in [6.07, 6.45) is -6.73. The Bertz CT molecular complexity index is 559. The molecule has 1 aliphatic rings. The fourth-order valence-electron chi connectivity index (χ4n) is 1.89. The summed E-state index contributed by atoms with van der Waals surface area (Å²) >= 11 is 0. The minimum absolute atomic E-state index is 0.0689. The van der Waals surface area contributed by atoms with Crippen molar-refractivity contribution in [3.8, 4) is 11.5 Å². The van der Waals surface area contributed by atoms with E-state index in [0.29, 0.717) is 0 Å². The highest BCUT2D eigenvalue weighted by Gasteiger charge is 2.44. The van der Waals surface area contributed by atoms with Crippen molar-refractivity contribution in [2.75, 3.05) is 7.11 Å². The Morgan fingerprint density at radius 3 is 2.43 bits per heavy atom. The van der Waals surface area contributed by atoms with E-state index in [0.717, 1.165) is 0 Å². The zero-order chi connectivity index (χ0) is 15.7. The number of aromatic nitrogens is 1. The molecule has 0 radical (unpaired) electrons. The van der Waals surface area contributed by atoms with Crippen molar-refractivity contribution < 1.29 is 34.6 Å². The molecule has 0 spiro atoms. The molecule has 0 bridgehead atoms. The Kier molecular flexibility index (Phi) is 4.49. The molecule has 0 amide bonds. The molecule has 1 fully saturated rings. The molecule has 9 nitrogen and oxygen atoms in total. The second-order valence-electron chi connectivity index (χ2n) is 4.64. The van der Waals surface area contributed by atoms with Crippen LogP contribution in [0.1, 0.15) is 0 Å². The van der Waals surface area contributed by atoms with E-state index in [1.54, 1.807) is 0 Å². The third-order valence-electron chi connectivity index (χ3n) is 3.16. The Hall–Kier alpha value is -1.65. The van der Waals surface area contributed by atoms with Gasteiger partial charge in [0.25, 0.3) is 5.56 Å². The lowest BCUT2D eigenvalue weighted by atomic mass is 10.0. The lowest BCUT2D eigenvalue weighted by Gasteiger charge is -2.37. The summed E-state index contributed by atoms with van der Waals surface area (Å²) in [5, 5.41) is 38.2. The molecule has 1 aliphatic heterocycles. The first kappa shape index (κ1) is 15.7. The fourth-order valence-corrected chi connectivity index (χ4v) is 1.89. The molecule has 0 aliphatic carbocycles. The Labute approximate surface area is 119 Å². The van der Waals surface area contributed by atoms with Crippen LogP contribution in [-0.4, -0.2) is 63.0 Å². The number of nitrogens with zero attached hydrogens (tertiary/aromatic N) is 1. The second kappa shape index (κ2) is 6.00. The average Bonchev–Trinajstić information content (AvgIpc) is 2.46. The summed E-state index contributed by atoms with van der Waals surface area (Å²) in [4.78, 5) is 11.5. The van der Waals surface area contributed by atoms with E-state index in [-0.39, 0.29) is 17.1 Å². The molecule has 4 N–H and O–H groups in total. The van der Waals surface area contributed by atoms with Crippen LogP contribution < -0.4 is 15.0 Å². The van der Waals surface area contributed by atoms with Crippen molar-refractivity contribution in [2.24, 2.45) is 7.05 Å². The molecule has 1 saturated heterocycles. The normalized spacial score (nSPS) is 32.8. The largest absolute Gasteiger partial charge is 0.493 e. The molecule has 2 rings (SSSR count). The van der Waals surface area contributed by atoms with Gasteiger partial charge in [-0.05, 0) is 0 Å². The quantitative estimate of drug-likeness (QED) is 0.483. The lowest BCUT2D eigenvalue weighted by molar-refractivity contribution is -0.321. The minimum atomic E-state index is -1.72. The first-order valence-corrected chi connectivity index (χ1v) is 6.14. The molecule has 5 unspecified atom stereocenters. The predicted molar refractivity (Wildman–Crippen MR) is 67.8 cm³/mol. The zero-order valence-corrected chi connectivity index (χ0v) is 11.4. The molecule has 2 heterocycles.